The molecule has 1 aliphatic rings. The summed E-state index contributed by atoms with van der Waals surface area (Å²) < 4.78 is 7.49. The first-order valence-electron chi connectivity index (χ1n) is 10.5. The molecule has 0 aliphatic carbocycles. The Morgan fingerprint density at radius 2 is 2.09 bits per heavy atom. The van der Waals surface area contributed by atoms with Crippen molar-refractivity contribution in [2.45, 2.75) is 32.4 Å². The Morgan fingerprint density at radius 1 is 1.25 bits per heavy atom. The number of aromatic nitrogens is 1. The highest BCUT2D eigenvalue weighted by Crippen LogP contribution is 2.15. The van der Waals surface area contributed by atoms with E-state index in [2.05, 4.69) is 10.3 Å². The van der Waals surface area contributed by atoms with Gasteiger partial charge in [0.25, 0.3) is 11.8 Å². The molecule has 1 aromatic heterocycles. The second kappa shape index (κ2) is 10.3. The van der Waals surface area contributed by atoms with Crippen LogP contribution in [0.15, 0.2) is 59.7 Å². The molecule has 0 radical (unpaired) electrons. The number of nitrogens with one attached hydrogen (secondary N) is 1. The van der Waals surface area contributed by atoms with Gasteiger partial charge in [-0.2, -0.15) is 4.99 Å². The van der Waals surface area contributed by atoms with Crippen molar-refractivity contribution in [3.05, 3.63) is 86.1 Å². The van der Waals surface area contributed by atoms with Gasteiger partial charge in [-0.15, -0.1) is 11.3 Å². The van der Waals surface area contributed by atoms with Gasteiger partial charge >= 0.3 is 0 Å². The first kappa shape index (κ1) is 22.5. The Kier molecular flexibility index (Phi) is 7.19. The summed E-state index contributed by atoms with van der Waals surface area (Å²) in [5.41, 5.74) is 1.89. The Balaban J connectivity index is 1.56. The van der Waals surface area contributed by atoms with Crippen LogP contribution in [0.1, 0.15) is 44.0 Å². The van der Waals surface area contributed by atoms with Crippen LogP contribution >= 0.6 is 22.9 Å². The maximum atomic E-state index is 12.8. The maximum Gasteiger partial charge on any atom is 0.279 e. The van der Waals surface area contributed by atoms with Gasteiger partial charge in [-0.3, -0.25) is 9.59 Å². The smallest absolute Gasteiger partial charge is 0.279 e. The molecule has 0 saturated carbocycles. The predicted octanol–water partition coefficient (Wildman–Crippen LogP) is 4.21. The molecule has 0 bridgehead atoms. The van der Waals surface area contributed by atoms with Crippen molar-refractivity contribution in [1.29, 1.82) is 0 Å². The number of carbonyl (C=O) groups is 2. The number of aryl methyl sites for hydroxylation is 1. The lowest BCUT2D eigenvalue weighted by atomic mass is 10.1. The summed E-state index contributed by atoms with van der Waals surface area (Å²) in [6.45, 7) is 3.65. The quantitative estimate of drug-likeness (QED) is 0.587. The molecule has 166 valence electrons. The van der Waals surface area contributed by atoms with Crippen LogP contribution in [0.25, 0.3) is 0 Å². The number of halogens is 1. The first-order valence-corrected chi connectivity index (χ1v) is 11.7. The van der Waals surface area contributed by atoms with E-state index < -0.39 is 0 Å². The van der Waals surface area contributed by atoms with Crippen LogP contribution < -0.4 is 10.1 Å². The lowest BCUT2D eigenvalue weighted by Crippen LogP contribution is -2.32. The minimum atomic E-state index is -0.356. The zero-order valence-corrected chi connectivity index (χ0v) is 19.3. The molecule has 0 spiro atoms. The highest BCUT2D eigenvalue weighted by Gasteiger charge is 2.18. The molecule has 2 heterocycles. The molecule has 2 amide bonds. The van der Waals surface area contributed by atoms with Crippen molar-refractivity contribution in [2.24, 2.45) is 4.99 Å². The van der Waals surface area contributed by atoms with Gasteiger partial charge in [-0.1, -0.05) is 35.9 Å². The van der Waals surface area contributed by atoms with Crippen molar-refractivity contribution in [3.63, 3.8) is 0 Å². The normalized spacial score (nSPS) is 16.3. The van der Waals surface area contributed by atoms with E-state index in [4.69, 9.17) is 16.3 Å². The minimum absolute atomic E-state index is 0.0860. The van der Waals surface area contributed by atoms with Crippen molar-refractivity contribution in [2.75, 3.05) is 13.2 Å². The Labute approximate surface area is 195 Å². The molecule has 4 rings (SSSR count). The molecule has 32 heavy (non-hydrogen) atoms. The molecule has 1 aliphatic heterocycles. The van der Waals surface area contributed by atoms with Crippen LogP contribution in [0.5, 0.6) is 0 Å². The number of nitrogens with zero attached hydrogens (tertiary/aromatic N) is 2. The molecule has 8 heteroatoms. The molecule has 1 saturated heterocycles. The molecule has 1 atom stereocenters. The van der Waals surface area contributed by atoms with Crippen molar-refractivity contribution >= 4 is 34.8 Å². The Bertz CT molecular complexity index is 1190. The Morgan fingerprint density at radius 3 is 2.88 bits per heavy atom. The summed E-state index contributed by atoms with van der Waals surface area (Å²) in [6, 6.07) is 14.2. The Hall–Kier alpha value is -2.74. The van der Waals surface area contributed by atoms with E-state index in [1.807, 2.05) is 42.0 Å². The topological polar surface area (TPSA) is 72.7 Å². The second-order valence-electron chi connectivity index (χ2n) is 7.68. The summed E-state index contributed by atoms with van der Waals surface area (Å²) in [5.74, 6) is -0.483. The fraction of sp³-hybridized carbons (Fsp3) is 0.292. The number of ether oxygens (including phenoxy) is 1. The number of hydrogen-bond donors (Lipinski definition) is 1. The number of carbonyl (C=O) groups excluding carboxylic acids is 2. The van der Waals surface area contributed by atoms with Crippen LogP contribution in [-0.4, -0.2) is 35.6 Å². The predicted molar refractivity (Wildman–Crippen MR) is 125 cm³/mol. The summed E-state index contributed by atoms with van der Waals surface area (Å²) in [7, 11) is 0. The van der Waals surface area contributed by atoms with Crippen molar-refractivity contribution in [3.8, 4) is 0 Å². The van der Waals surface area contributed by atoms with Gasteiger partial charge in [0.1, 0.15) is 0 Å². The third kappa shape index (κ3) is 5.54. The number of benzene rings is 2. The summed E-state index contributed by atoms with van der Waals surface area (Å²) in [6.07, 6.45) is 4.03. The van der Waals surface area contributed by atoms with Gasteiger partial charge in [0.05, 0.1) is 12.6 Å². The fourth-order valence-electron chi connectivity index (χ4n) is 3.65. The zero-order valence-electron chi connectivity index (χ0n) is 17.7. The van der Waals surface area contributed by atoms with Gasteiger partial charge in [0, 0.05) is 40.4 Å². The maximum absolute atomic E-state index is 12.8. The lowest BCUT2D eigenvalue weighted by molar-refractivity contribution is 0.0856. The molecular weight excluding hydrogens is 446 g/mol. The van der Waals surface area contributed by atoms with E-state index in [9.17, 15) is 9.59 Å². The molecular formula is C24H24ClN3O3S. The van der Waals surface area contributed by atoms with E-state index in [0.29, 0.717) is 34.0 Å². The zero-order chi connectivity index (χ0) is 22.5. The second-order valence-corrected chi connectivity index (χ2v) is 9.33. The highest BCUT2D eigenvalue weighted by atomic mass is 35.5. The largest absolute Gasteiger partial charge is 0.376 e. The van der Waals surface area contributed by atoms with Gasteiger partial charge in [-0.05, 0) is 49.6 Å². The summed E-state index contributed by atoms with van der Waals surface area (Å²) in [5, 5.41) is 3.48. The van der Waals surface area contributed by atoms with Crippen LogP contribution in [0, 0.1) is 6.92 Å². The SMILES string of the molecule is Cc1cn(Cc2ccccc2C(=O)NC[C@@H]2CCCO2)c(=NC(=O)c2cccc(Cl)c2)s1. The van der Waals surface area contributed by atoms with Crippen molar-refractivity contribution in [1.82, 2.24) is 9.88 Å². The van der Waals surface area contributed by atoms with Crippen LogP contribution in [-0.2, 0) is 11.3 Å². The monoisotopic (exact) mass is 469 g/mol. The van der Waals surface area contributed by atoms with Gasteiger partial charge < -0.3 is 14.6 Å². The average Bonchev–Trinajstić information content (AvgIpc) is 3.42. The standard InChI is InChI=1S/C24H24ClN3O3S/c1-16-14-28(24(32-16)27-22(29)17-7-4-8-19(25)12-17)15-18-6-2-3-10-21(18)23(30)26-13-20-9-5-11-31-20/h2-4,6-8,10,12,14,20H,5,9,11,13,15H2,1H3,(H,26,30)/t20-/m0/s1. The van der Waals surface area contributed by atoms with Gasteiger partial charge in [0.15, 0.2) is 4.80 Å². The third-order valence-electron chi connectivity index (χ3n) is 5.22. The average molecular weight is 470 g/mol. The van der Waals surface area contributed by atoms with E-state index >= 15 is 0 Å². The molecule has 1 fully saturated rings. The van der Waals surface area contributed by atoms with Crippen molar-refractivity contribution < 1.29 is 14.3 Å². The fourth-order valence-corrected chi connectivity index (χ4v) is 4.67. The van der Waals surface area contributed by atoms with E-state index in [1.165, 1.54) is 11.3 Å². The van der Waals surface area contributed by atoms with E-state index in [0.717, 1.165) is 29.9 Å². The summed E-state index contributed by atoms with van der Waals surface area (Å²) in [4.78, 5) is 31.4. The van der Waals surface area contributed by atoms with Crippen LogP contribution in [0.4, 0.5) is 0 Å². The van der Waals surface area contributed by atoms with E-state index in [1.54, 1.807) is 24.3 Å². The molecule has 6 nitrogen and oxygen atoms in total. The number of thiazole rings is 1. The summed E-state index contributed by atoms with van der Waals surface area (Å²) >= 11 is 7.43. The van der Waals surface area contributed by atoms with Crippen LogP contribution in [0.2, 0.25) is 5.02 Å². The van der Waals surface area contributed by atoms with Gasteiger partial charge in [-0.25, -0.2) is 0 Å². The van der Waals surface area contributed by atoms with E-state index in [-0.39, 0.29) is 17.9 Å². The lowest BCUT2D eigenvalue weighted by Gasteiger charge is -2.13. The van der Waals surface area contributed by atoms with Gasteiger partial charge in [0.2, 0.25) is 0 Å². The molecule has 2 aromatic carbocycles. The number of amides is 2. The minimum Gasteiger partial charge on any atom is -0.376 e. The number of hydrogen-bond acceptors (Lipinski definition) is 4. The highest BCUT2D eigenvalue weighted by molar-refractivity contribution is 7.09. The third-order valence-corrected chi connectivity index (χ3v) is 6.39. The first-order chi connectivity index (χ1) is 15.5. The molecule has 1 N–H and O–H groups in total. The molecule has 0 unspecified atom stereocenters. The van der Waals surface area contributed by atoms with Crippen LogP contribution in [0.3, 0.4) is 0 Å². The number of rotatable bonds is 6. The molecule has 3 aromatic rings.